The summed E-state index contributed by atoms with van der Waals surface area (Å²) in [7, 11) is 1.31. The quantitative estimate of drug-likeness (QED) is 0.520. The lowest BCUT2D eigenvalue weighted by molar-refractivity contribution is -0.120. The summed E-state index contributed by atoms with van der Waals surface area (Å²) >= 11 is 3.36. The number of urea groups is 1. The monoisotopic (exact) mass is 485 g/mol. The van der Waals surface area contributed by atoms with Crippen LogP contribution in [0.3, 0.4) is 0 Å². The van der Waals surface area contributed by atoms with Crippen LogP contribution in [-0.2, 0) is 11.3 Å². The number of carbonyl (C=O) groups is 2. The van der Waals surface area contributed by atoms with Gasteiger partial charge in [0.15, 0.2) is 11.5 Å². The maximum absolute atomic E-state index is 12.6. The Morgan fingerprint density at radius 1 is 1.13 bits per heavy atom. The molecule has 0 atom stereocenters. The van der Waals surface area contributed by atoms with Crippen molar-refractivity contribution in [1.82, 2.24) is 10.6 Å². The highest BCUT2D eigenvalue weighted by atomic mass is 79.9. The number of halogens is 3. The van der Waals surface area contributed by atoms with E-state index in [-0.39, 0.29) is 23.7 Å². The Morgan fingerprint density at radius 2 is 1.87 bits per heavy atom. The molecule has 10 heteroatoms. The van der Waals surface area contributed by atoms with Crippen LogP contribution >= 0.6 is 15.9 Å². The Bertz CT molecular complexity index is 909. The van der Waals surface area contributed by atoms with E-state index >= 15 is 0 Å². The number of alkyl halides is 2. The van der Waals surface area contributed by atoms with Gasteiger partial charge in [0.05, 0.1) is 7.11 Å². The highest BCUT2D eigenvalue weighted by molar-refractivity contribution is 9.10. The number of methoxy groups -OCH3 is 1. The molecule has 0 spiro atoms. The Balaban J connectivity index is 1.98. The van der Waals surface area contributed by atoms with E-state index in [4.69, 9.17) is 4.74 Å². The summed E-state index contributed by atoms with van der Waals surface area (Å²) in [5, 5.41) is 7.82. The predicted molar refractivity (Wildman–Crippen MR) is 112 cm³/mol. The molecular weight excluding hydrogens is 464 g/mol. The molecule has 0 bridgehead atoms. The van der Waals surface area contributed by atoms with E-state index in [0.29, 0.717) is 0 Å². The number of nitrogens with one attached hydrogen (secondary N) is 3. The normalized spacial score (nSPS) is 11.0. The van der Waals surface area contributed by atoms with Crippen LogP contribution in [0.15, 0.2) is 46.9 Å². The zero-order valence-corrected chi connectivity index (χ0v) is 18.2. The third-order valence-electron chi connectivity index (χ3n) is 3.97. The van der Waals surface area contributed by atoms with Gasteiger partial charge in [-0.3, -0.25) is 4.79 Å². The molecule has 0 unspecified atom stereocenters. The van der Waals surface area contributed by atoms with Gasteiger partial charge in [-0.05, 0) is 43.7 Å². The van der Waals surface area contributed by atoms with Crippen LogP contribution in [0.25, 0.3) is 0 Å². The van der Waals surface area contributed by atoms with Crippen LogP contribution in [0.4, 0.5) is 19.3 Å². The first-order valence-electron chi connectivity index (χ1n) is 8.85. The van der Waals surface area contributed by atoms with Crippen LogP contribution in [0.2, 0.25) is 0 Å². The van der Waals surface area contributed by atoms with Crippen molar-refractivity contribution in [2.75, 3.05) is 12.4 Å². The first kappa shape index (κ1) is 23.4. The fourth-order valence-electron chi connectivity index (χ4n) is 2.44. The molecule has 0 fully saturated rings. The summed E-state index contributed by atoms with van der Waals surface area (Å²) < 4.78 is 35.4. The van der Waals surface area contributed by atoms with E-state index in [1.165, 1.54) is 39.2 Å². The molecule has 2 aromatic rings. The molecule has 2 aromatic carbocycles. The van der Waals surface area contributed by atoms with Gasteiger partial charge in [0.1, 0.15) is 5.54 Å². The minimum Gasteiger partial charge on any atom is -0.493 e. The average molecular weight is 486 g/mol. The SMILES string of the molecule is COc1ccc(NC(=O)C(C)(C)NC(=O)NCc2cccc(Br)c2)cc1OC(F)F. The molecule has 0 saturated heterocycles. The minimum absolute atomic E-state index is 0.0950. The number of hydrogen-bond acceptors (Lipinski definition) is 4. The highest BCUT2D eigenvalue weighted by Gasteiger charge is 2.29. The maximum atomic E-state index is 12.6. The zero-order chi connectivity index (χ0) is 22.3. The maximum Gasteiger partial charge on any atom is 0.387 e. The number of carbonyl (C=O) groups excluding carboxylic acids is 2. The van der Waals surface area contributed by atoms with Gasteiger partial charge >= 0.3 is 12.6 Å². The van der Waals surface area contributed by atoms with Gasteiger partial charge in [0, 0.05) is 22.8 Å². The summed E-state index contributed by atoms with van der Waals surface area (Å²) in [6, 6.07) is 11.0. The van der Waals surface area contributed by atoms with Gasteiger partial charge in [0.25, 0.3) is 0 Å². The molecule has 0 aliphatic rings. The second-order valence-corrected chi connectivity index (χ2v) is 7.68. The highest BCUT2D eigenvalue weighted by Crippen LogP contribution is 2.31. The van der Waals surface area contributed by atoms with Gasteiger partial charge in [-0.2, -0.15) is 8.78 Å². The number of amides is 3. The van der Waals surface area contributed by atoms with E-state index in [1.54, 1.807) is 0 Å². The van der Waals surface area contributed by atoms with Crippen LogP contribution in [0.5, 0.6) is 11.5 Å². The lowest BCUT2D eigenvalue weighted by Crippen LogP contribution is -2.55. The fourth-order valence-corrected chi connectivity index (χ4v) is 2.89. The van der Waals surface area contributed by atoms with E-state index in [1.807, 2.05) is 24.3 Å². The molecule has 0 aromatic heterocycles. The van der Waals surface area contributed by atoms with Crippen molar-refractivity contribution in [3.05, 3.63) is 52.5 Å². The Hall–Kier alpha value is -2.88. The van der Waals surface area contributed by atoms with Crippen molar-refractivity contribution in [2.24, 2.45) is 0 Å². The summed E-state index contributed by atoms with van der Waals surface area (Å²) in [4.78, 5) is 24.8. The molecule has 0 saturated carbocycles. The van der Waals surface area contributed by atoms with Gasteiger partial charge in [-0.1, -0.05) is 28.1 Å². The number of benzene rings is 2. The molecule has 0 heterocycles. The fraction of sp³-hybridized carbons (Fsp3) is 0.300. The third-order valence-corrected chi connectivity index (χ3v) is 4.47. The van der Waals surface area contributed by atoms with E-state index < -0.39 is 24.1 Å². The smallest absolute Gasteiger partial charge is 0.387 e. The first-order valence-corrected chi connectivity index (χ1v) is 9.65. The number of rotatable bonds is 8. The predicted octanol–water partition coefficient (Wildman–Crippen LogP) is 4.28. The Labute approximate surface area is 181 Å². The summed E-state index contributed by atoms with van der Waals surface area (Å²) in [5.41, 5.74) is -0.196. The van der Waals surface area contributed by atoms with Gasteiger partial charge < -0.3 is 25.4 Å². The van der Waals surface area contributed by atoms with Crippen molar-refractivity contribution in [2.45, 2.75) is 32.5 Å². The van der Waals surface area contributed by atoms with Crippen LogP contribution in [0.1, 0.15) is 19.4 Å². The first-order chi connectivity index (χ1) is 14.1. The number of ether oxygens (including phenoxy) is 2. The van der Waals surface area contributed by atoms with Gasteiger partial charge in [-0.25, -0.2) is 4.79 Å². The van der Waals surface area contributed by atoms with Crippen molar-refractivity contribution >= 4 is 33.6 Å². The van der Waals surface area contributed by atoms with Crippen molar-refractivity contribution in [1.29, 1.82) is 0 Å². The molecule has 3 amide bonds. The average Bonchev–Trinajstić information content (AvgIpc) is 2.66. The second-order valence-electron chi connectivity index (χ2n) is 6.76. The number of hydrogen-bond donors (Lipinski definition) is 3. The summed E-state index contributed by atoms with van der Waals surface area (Å²) in [6.07, 6.45) is 0. The molecule has 0 radical (unpaired) electrons. The Morgan fingerprint density at radius 3 is 2.50 bits per heavy atom. The molecule has 30 heavy (non-hydrogen) atoms. The van der Waals surface area contributed by atoms with E-state index in [9.17, 15) is 18.4 Å². The molecular formula is C20H22BrF2N3O4. The van der Waals surface area contributed by atoms with E-state index in [0.717, 1.165) is 10.0 Å². The topological polar surface area (TPSA) is 88.7 Å². The molecule has 7 nitrogen and oxygen atoms in total. The van der Waals surface area contributed by atoms with Crippen molar-refractivity contribution in [3.63, 3.8) is 0 Å². The van der Waals surface area contributed by atoms with Crippen molar-refractivity contribution < 1.29 is 27.8 Å². The standard InChI is InChI=1S/C20H22BrF2N3O4/c1-20(2,26-19(28)24-11-12-5-4-6-13(21)9-12)17(27)25-14-7-8-15(29-3)16(10-14)30-18(22)23/h4-10,18H,11H2,1-3H3,(H,25,27)(H2,24,26,28). The zero-order valence-electron chi connectivity index (χ0n) is 16.6. The lowest BCUT2D eigenvalue weighted by Gasteiger charge is -2.25. The molecule has 162 valence electrons. The summed E-state index contributed by atoms with van der Waals surface area (Å²) in [5.74, 6) is -0.672. The van der Waals surface area contributed by atoms with Crippen LogP contribution in [0, 0.1) is 0 Å². The molecule has 3 N–H and O–H groups in total. The van der Waals surface area contributed by atoms with Crippen molar-refractivity contribution in [3.8, 4) is 11.5 Å². The lowest BCUT2D eigenvalue weighted by atomic mass is 10.0. The Kier molecular flexibility index (Phi) is 7.99. The summed E-state index contributed by atoms with van der Waals surface area (Å²) in [6.45, 7) is 0.259. The van der Waals surface area contributed by atoms with Gasteiger partial charge in [0.2, 0.25) is 5.91 Å². The molecule has 0 aliphatic carbocycles. The molecule has 0 aliphatic heterocycles. The minimum atomic E-state index is -3.04. The van der Waals surface area contributed by atoms with Gasteiger partial charge in [-0.15, -0.1) is 0 Å². The number of anilines is 1. The second kappa shape index (κ2) is 10.2. The third kappa shape index (κ3) is 6.87. The molecule has 2 rings (SSSR count). The van der Waals surface area contributed by atoms with Crippen LogP contribution < -0.4 is 25.4 Å². The van der Waals surface area contributed by atoms with Crippen LogP contribution in [-0.4, -0.2) is 31.2 Å². The largest absolute Gasteiger partial charge is 0.493 e. The van der Waals surface area contributed by atoms with E-state index in [2.05, 4.69) is 36.6 Å².